The Labute approximate surface area is 158 Å². The van der Waals surface area contributed by atoms with Crippen molar-refractivity contribution >= 4 is 11.6 Å². The van der Waals surface area contributed by atoms with Crippen LogP contribution in [-0.4, -0.2) is 44.9 Å². The molecule has 1 heterocycles. The first-order valence-corrected chi connectivity index (χ1v) is 8.76. The van der Waals surface area contributed by atoms with Crippen molar-refractivity contribution in [3.63, 3.8) is 0 Å². The van der Waals surface area contributed by atoms with E-state index >= 15 is 0 Å². The Morgan fingerprint density at radius 1 is 1.15 bits per heavy atom. The number of carbonyl (C=O) groups is 1. The van der Waals surface area contributed by atoms with Gasteiger partial charge in [0.2, 0.25) is 12.7 Å². The number of methoxy groups -OCH3 is 1. The second-order valence-corrected chi connectivity index (χ2v) is 6.21. The number of hydrogen-bond donors (Lipinski definition) is 1. The summed E-state index contributed by atoms with van der Waals surface area (Å²) in [5.74, 6) is 2.63. The largest absolute Gasteiger partial charge is 0.493 e. The number of nitrogens with zero attached hydrogens (tertiary/aromatic N) is 1. The third kappa shape index (κ3) is 4.83. The average molecular weight is 372 g/mol. The van der Waals surface area contributed by atoms with Crippen LogP contribution >= 0.6 is 0 Å². The highest BCUT2D eigenvalue weighted by molar-refractivity contribution is 5.92. The van der Waals surface area contributed by atoms with Crippen LogP contribution < -0.4 is 24.3 Å². The van der Waals surface area contributed by atoms with Gasteiger partial charge in [-0.2, -0.15) is 0 Å². The summed E-state index contributed by atoms with van der Waals surface area (Å²) in [6, 6.07) is 11.1. The lowest BCUT2D eigenvalue weighted by atomic mass is 10.2. The molecule has 1 aliphatic heterocycles. The molecule has 0 bridgehead atoms. The first-order valence-electron chi connectivity index (χ1n) is 8.76. The van der Waals surface area contributed by atoms with Gasteiger partial charge >= 0.3 is 0 Å². The van der Waals surface area contributed by atoms with Crippen molar-refractivity contribution in [1.29, 1.82) is 0 Å². The predicted octanol–water partition coefficient (Wildman–Crippen LogP) is 2.89. The summed E-state index contributed by atoms with van der Waals surface area (Å²) >= 11 is 0. The Kier molecular flexibility index (Phi) is 6.03. The molecule has 27 heavy (non-hydrogen) atoms. The second-order valence-electron chi connectivity index (χ2n) is 6.21. The number of anilines is 1. The Balaban J connectivity index is 1.55. The molecule has 0 spiro atoms. The van der Waals surface area contributed by atoms with Crippen molar-refractivity contribution in [3.05, 3.63) is 42.0 Å². The van der Waals surface area contributed by atoms with Gasteiger partial charge in [0.05, 0.1) is 20.3 Å². The van der Waals surface area contributed by atoms with Crippen LogP contribution in [0.15, 0.2) is 36.4 Å². The quantitative estimate of drug-likeness (QED) is 0.768. The molecule has 144 valence electrons. The molecule has 1 aliphatic rings. The lowest BCUT2D eigenvalue weighted by Gasteiger charge is -2.18. The topological polar surface area (TPSA) is 69.3 Å². The fraction of sp³-hybridized carbons (Fsp3) is 0.350. The summed E-state index contributed by atoms with van der Waals surface area (Å²) in [5.41, 5.74) is 1.72. The molecule has 7 heteroatoms. The summed E-state index contributed by atoms with van der Waals surface area (Å²) in [4.78, 5) is 14.2. The van der Waals surface area contributed by atoms with Gasteiger partial charge in [-0.1, -0.05) is 6.07 Å². The van der Waals surface area contributed by atoms with Gasteiger partial charge in [-0.25, -0.2) is 0 Å². The van der Waals surface area contributed by atoms with Gasteiger partial charge in [-0.05, 0) is 43.8 Å². The first-order chi connectivity index (χ1) is 13.1. The Hall–Kier alpha value is -2.93. The molecule has 7 nitrogen and oxygen atoms in total. The lowest BCUT2D eigenvalue weighted by Crippen LogP contribution is -2.29. The van der Waals surface area contributed by atoms with Crippen molar-refractivity contribution in [3.8, 4) is 23.0 Å². The zero-order valence-electron chi connectivity index (χ0n) is 15.8. The normalized spacial score (nSPS) is 12.1. The third-order valence-corrected chi connectivity index (χ3v) is 4.05. The number of fused-ring (bicyclic) bond motifs is 1. The van der Waals surface area contributed by atoms with E-state index in [2.05, 4.69) is 5.32 Å². The van der Waals surface area contributed by atoms with E-state index in [1.165, 1.54) is 0 Å². The minimum atomic E-state index is -0.103. The van der Waals surface area contributed by atoms with E-state index in [9.17, 15) is 4.79 Å². The number of carbonyl (C=O) groups excluding carboxylic acids is 1. The Morgan fingerprint density at radius 3 is 2.74 bits per heavy atom. The van der Waals surface area contributed by atoms with Gasteiger partial charge in [0.1, 0.15) is 0 Å². The fourth-order valence-corrected chi connectivity index (χ4v) is 2.87. The zero-order valence-corrected chi connectivity index (χ0v) is 15.8. The highest BCUT2D eigenvalue weighted by Gasteiger charge is 2.15. The molecule has 3 rings (SSSR count). The molecule has 2 aromatic rings. The molecular formula is C20H24N2O5. The smallest absolute Gasteiger partial charge is 0.238 e. The minimum absolute atomic E-state index is 0.103. The molecule has 0 radical (unpaired) electrons. The van der Waals surface area contributed by atoms with Crippen LogP contribution in [0, 0.1) is 0 Å². The molecular weight excluding hydrogens is 348 g/mol. The van der Waals surface area contributed by atoms with Crippen LogP contribution in [0.5, 0.6) is 23.0 Å². The van der Waals surface area contributed by atoms with Gasteiger partial charge in [0, 0.05) is 18.3 Å². The summed E-state index contributed by atoms with van der Waals surface area (Å²) in [6.07, 6.45) is 0. The highest BCUT2D eigenvalue weighted by atomic mass is 16.7. The van der Waals surface area contributed by atoms with Gasteiger partial charge in [-0.15, -0.1) is 0 Å². The Morgan fingerprint density at radius 2 is 1.96 bits per heavy atom. The van der Waals surface area contributed by atoms with Gasteiger partial charge < -0.3 is 24.3 Å². The molecule has 1 amide bonds. The van der Waals surface area contributed by atoms with E-state index in [0.29, 0.717) is 41.8 Å². The Bertz CT molecular complexity index is 809. The van der Waals surface area contributed by atoms with E-state index in [1.54, 1.807) is 25.3 Å². The number of benzene rings is 2. The van der Waals surface area contributed by atoms with E-state index in [4.69, 9.17) is 18.9 Å². The monoisotopic (exact) mass is 372 g/mol. The highest BCUT2D eigenvalue weighted by Crippen LogP contribution is 2.34. The number of likely N-dealkylation sites (N-methyl/N-ethyl adjacent to an activating group) is 1. The van der Waals surface area contributed by atoms with E-state index in [-0.39, 0.29) is 19.2 Å². The molecule has 0 atom stereocenters. The summed E-state index contributed by atoms with van der Waals surface area (Å²) in [7, 11) is 3.51. The molecule has 0 fully saturated rings. The van der Waals surface area contributed by atoms with Crippen molar-refractivity contribution < 1.29 is 23.7 Å². The van der Waals surface area contributed by atoms with Crippen LogP contribution in [0.25, 0.3) is 0 Å². The number of nitrogens with one attached hydrogen (secondary N) is 1. The van der Waals surface area contributed by atoms with E-state index < -0.39 is 0 Å². The maximum absolute atomic E-state index is 12.3. The molecule has 0 aromatic heterocycles. The summed E-state index contributed by atoms with van der Waals surface area (Å²) in [6.45, 7) is 3.58. The number of rotatable bonds is 8. The van der Waals surface area contributed by atoms with Gasteiger partial charge in [0.15, 0.2) is 23.0 Å². The standard InChI is InChI=1S/C20H24N2O5/c1-4-25-16-7-5-14(9-18(16)24-3)11-22(2)12-20(23)21-15-6-8-17-19(10-15)27-13-26-17/h5-10H,4,11-13H2,1-3H3,(H,21,23). The third-order valence-electron chi connectivity index (χ3n) is 4.05. The van der Waals surface area contributed by atoms with Crippen LogP contribution in [0.4, 0.5) is 5.69 Å². The minimum Gasteiger partial charge on any atom is -0.493 e. The fourth-order valence-electron chi connectivity index (χ4n) is 2.87. The summed E-state index contributed by atoms with van der Waals surface area (Å²) < 4.78 is 21.5. The molecule has 1 N–H and O–H groups in total. The van der Waals surface area contributed by atoms with Crippen molar-refractivity contribution in [2.24, 2.45) is 0 Å². The summed E-state index contributed by atoms with van der Waals surface area (Å²) in [5, 5.41) is 2.88. The van der Waals surface area contributed by atoms with Crippen LogP contribution in [0.1, 0.15) is 12.5 Å². The lowest BCUT2D eigenvalue weighted by molar-refractivity contribution is -0.117. The zero-order chi connectivity index (χ0) is 19.2. The maximum atomic E-state index is 12.3. The average Bonchev–Trinajstić information content (AvgIpc) is 3.10. The molecule has 2 aromatic carbocycles. The van der Waals surface area contributed by atoms with Crippen molar-refractivity contribution in [2.75, 3.05) is 39.4 Å². The SMILES string of the molecule is CCOc1ccc(CN(C)CC(=O)Nc2ccc3c(c2)OCO3)cc1OC. The second kappa shape index (κ2) is 8.64. The molecule has 0 saturated heterocycles. The first kappa shape index (κ1) is 18.8. The molecule has 0 saturated carbocycles. The van der Waals surface area contributed by atoms with Gasteiger partial charge in [-0.3, -0.25) is 9.69 Å². The molecule has 0 unspecified atom stereocenters. The van der Waals surface area contributed by atoms with Crippen LogP contribution in [0.3, 0.4) is 0 Å². The van der Waals surface area contributed by atoms with Gasteiger partial charge in [0.25, 0.3) is 0 Å². The van der Waals surface area contributed by atoms with E-state index in [1.807, 2.05) is 37.1 Å². The predicted molar refractivity (Wildman–Crippen MR) is 102 cm³/mol. The maximum Gasteiger partial charge on any atom is 0.238 e. The van der Waals surface area contributed by atoms with Crippen LogP contribution in [-0.2, 0) is 11.3 Å². The van der Waals surface area contributed by atoms with E-state index in [0.717, 1.165) is 5.56 Å². The van der Waals surface area contributed by atoms with Crippen LogP contribution in [0.2, 0.25) is 0 Å². The van der Waals surface area contributed by atoms with Crippen molar-refractivity contribution in [1.82, 2.24) is 4.90 Å². The molecule has 0 aliphatic carbocycles. The number of hydrogen-bond acceptors (Lipinski definition) is 6. The van der Waals surface area contributed by atoms with Crippen molar-refractivity contribution in [2.45, 2.75) is 13.5 Å². The number of ether oxygens (including phenoxy) is 4. The number of amides is 1.